The lowest BCUT2D eigenvalue weighted by atomic mass is 10.1. The molecule has 4 aromatic rings. The van der Waals surface area contributed by atoms with E-state index < -0.39 is 0 Å². The molecule has 0 bridgehead atoms. The Morgan fingerprint density at radius 3 is 2.87 bits per heavy atom. The van der Waals surface area contributed by atoms with E-state index >= 15 is 0 Å². The molecule has 3 aromatic heterocycles. The average Bonchev–Trinajstić information content (AvgIpc) is 3.30. The molecule has 3 heterocycles. The van der Waals surface area contributed by atoms with Gasteiger partial charge in [0.1, 0.15) is 5.75 Å². The van der Waals surface area contributed by atoms with Crippen molar-refractivity contribution in [3.8, 4) is 5.75 Å². The average molecular weight is 443 g/mol. The van der Waals surface area contributed by atoms with Crippen molar-refractivity contribution in [1.82, 2.24) is 24.6 Å². The Labute approximate surface area is 182 Å². The van der Waals surface area contributed by atoms with Gasteiger partial charge in [-0.3, -0.25) is 4.79 Å². The fourth-order valence-electron chi connectivity index (χ4n) is 3.27. The molecule has 0 unspecified atom stereocenters. The number of carbonyl (C=O) groups is 1. The van der Waals surface area contributed by atoms with E-state index in [0.29, 0.717) is 35.5 Å². The Balaban J connectivity index is 1.46. The number of amides is 1. The number of carbonyl (C=O) groups excluding carboxylic acids is 1. The van der Waals surface area contributed by atoms with Crippen molar-refractivity contribution in [2.75, 3.05) is 18.2 Å². The summed E-state index contributed by atoms with van der Waals surface area (Å²) in [6.45, 7) is 6.48. The van der Waals surface area contributed by atoms with E-state index in [1.54, 1.807) is 4.52 Å². The van der Waals surface area contributed by atoms with Crippen LogP contribution in [0.25, 0.3) is 16.0 Å². The molecule has 0 aliphatic carbocycles. The lowest BCUT2D eigenvalue weighted by molar-refractivity contribution is -0.116. The maximum atomic E-state index is 12.5. The van der Waals surface area contributed by atoms with Crippen molar-refractivity contribution in [3.63, 3.8) is 0 Å². The first-order chi connectivity index (χ1) is 14.5. The zero-order valence-electron chi connectivity index (χ0n) is 17.2. The van der Waals surface area contributed by atoms with Crippen molar-refractivity contribution in [2.24, 2.45) is 0 Å². The third kappa shape index (κ3) is 4.10. The predicted octanol–water partition coefficient (Wildman–Crippen LogP) is 4.04. The minimum Gasteiger partial charge on any atom is -0.494 e. The van der Waals surface area contributed by atoms with E-state index in [2.05, 4.69) is 25.4 Å². The van der Waals surface area contributed by atoms with Gasteiger partial charge in [-0.25, -0.2) is 14.5 Å². The van der Waals surface area contributed by atoms with Gasteiger partial charge in [0.25, 0.3) is 5.78 Å². The predicted molar refractivity (Wildman–Crippen MR) is 120 cm³/mol. The van der Waals surface area contributed by atoms with Crippen LogP contribution in [0.15, 0.2) is 23.4 Å². The van der Waals surface area contributed by atoms with Gasteiger partial charge in [-0.05, 0) is 57.2 Å². The van der Waals surface area contributed by atoms with Crippen LogP contribution in [-0.4, -0.2) is 43.3 Å². The number of aryl methyl sites for hydroxylation is 2. The molecular formula is C20H22N6O2S2. The Morgan fingerprint density at radius 2 is 2.10 bits per heavy atom. The van der Waals surface area contributed by atoms with Gasteiger partial charge in [0, 0.05) is 17.8 Å². The molecule has 0 fully saturated rings. The second-order valence-corrected chi connectivity index (χ2v) is 8.51. The number of thiazole rings is 1. The van der Waals surface area contributed by atoms with Gasteiger partial charge in [0.05, 0.1) is 16.8 Å². The number of hydrogen-bond donors (Lipinski definition) is 1. The van der Waals surface area contributed by atoms with Gasteiger partial charge >= 0.3 is 0 Å². The van der Waals surface area contributed by atoms with Crippen LogP contribution in [0.5, 0.6) is 5.75 Å². The van der Waals surface area contributed by atoms with E-state index in [4.69, 9.17) is 4.74 Å². The lowest BCUT2D eigenvalue weighted by Crippen LogP contribution is -2.14. The summed E-state index contributed by atoms with van der Waals surface area (Å²) in [7, 11) is 0. The topological polar surface area (TPSA) is 94.3 Å². The normalized spacial score (nSPS) is 11.3. The minimum atomic E-state index is -0.0821. The Hall–Kier alpha value is -2.72. The summed E-state index contributed by atoms with van der Waals surface area (Å²) in [4.78, 5) is 26.0. The van der Waals surface area contributed by atoms with Crippen LogP contribution in [-0.2, 0) is 11.2 Å². The first-order valence-electron chi connectivity index (χ1n) is 9.58. The van der Waals surface area contributed by atoms with Crippen LogP contribution in [0.1, 0.15) is 30.3 Å². The zero-order chi connectivity index (χ0) is 21.3. The molecule has 0 radical (unpaired) electrons. The molecule has 0 aliphatic heterocycles. The SMILES string of the molecule is CCOc1ccc2nc(NC(=O)CCc3c(C)nc4nc(SC)nn4c3C)sc2c1. The van der Waals surface area contributed by atoms with Crippen LogP contribution in [0.3, 0.4) is 0 Å². The summed E-state index contributed by atoms with van der Waals surface area (Å²) in [5.74, 6) is 1.31. The first-order valence-corrected chi connectivity index (χ1v) is 11.6. The highest BCUT2D eigenvalue weighted by molar-refractivity contribution is 7.98. The molecule has 0 saturated carbocycles. The highest BCUT2D eigenvalue weighted by Gasteiger charge is 2.15. The van der Waals surface area contributed by atoms with Crippen LogP contribution in [0.4, 0.5) is 5.13 Å². The lowest BCUT2D eigenvalue weighted by Gasteiger charge is -2.10. The summed E-state index contributed by atoms with van der Waals surface area (Å²) < 4.78 is 8.25. The Kier molecular flexibility index (Phi) is 5.87. The summed E-state index contributed by atoms with van der Waals surface area (Å²) >= 11 is 2.92. The van der Waals surface area contributed by atoms with E-state index in [0.717, 1.165) is 32.9 Å². The quantitative estimate of drug-likeness (QED) is 0.432. The number of aromatic nitrogens is 5. The highest BCUT2D eigenvalue weighted by Crippen LogP contribution is 2.29. The third-order valence-electron chi connectivity index (χ3n) is 4.73. The molecule has 8 nitrogen and oxygen atoms in total. The standard InChI is InChI=1S/C20H22N6O2S2/c1-5-28-13-6-8-15-16(10-13)30-19(22-15)23-17(27)9-7-14-11(2)21-18-24-20(29-4)25-26(18)12(14)3/h6,8,10H,5,7,9H2,1-4H3,(H,22,23,27). The smallest absolute Gasteiger partial charge is 0.253 e. The maximum absolute atomic E-state index is 12.5. The van der Waals surface area contributed by atoms with E-state index in [1.807, 2.05) is 45.2 Å². The Bertz CT molecular complexity index is 1230. The fourth-order valence-corrected chi connectivity index (χ4v) is 4.52. The molecule has 0 atom stereocenters. The van der Waals surface area contributed by atoms with Crippen molar-refractivity contribution in [3.05, 3.63) is 35.2 Å². The van der Waals surface area contributed by atoms with Gasteiger partial charge in [0.2, 0.25) is 11.1 Å². The van der Waals surface area contributed by atoms with E-state index in [-0.39, 0.29) is 5.91 Å². The van der Waals surface area contributed by atoms with Gasteiger partial charge < -0.3 is 10.1 Å². The van der Waals surface area contributed by atoms with Crippen molar-refractivity contribution < 1.29 is 9.53 Å². The summed E-state index contributed by atoms with van der Waals surface area (Å²) in [6.07, 6.45) is 2.83. The van der Waals surface area contributed by atoms with Gasteiger partial charge in [-0.1, -0.05) is 23.1 Å². The number of fused-ring (bicyclic) bond motifs is 2. The molecule has 10 heteroatoms. The second-order valence-electron chi connectivity index (χ2n) is 6.70. The number of hydrogen-bond acceptors (Lipinski definition) is 8. The third-order valence-corrected chi connectivity index (χ3v) is 6.20. The van der Waals surface area contributed by atoms with E-state index in [9.17, 15) is 4.79 Å². The summed E-state index contributed by atoms with van der Waals surface area (Å²) in [6, 6.07) is 5.74. The van der Waals surface area contributed by atoms with Crippen molar-refractivity contribution in [1.29, 1.82) is 0 Å². The molecule has 0 spiro atoms. The number of thioether (sulfide) groups is 1. The Morgan fingerprint density at radius 1 is 1.27 bits per heavy atom. The molecule has 4 rings (SSSR count). The minimum absolute atomic E-state index is 0.0821. The number of nitrogens with one attached hydrogen (secondary N) is 1. The molecule has 0 saturated heterocycles. The van der Waals surface area contributed by atoms with Crippen molar-refractivity contribution >= 4 is 50.1 Å². The number of ether oxygens (including phenoxy) is 1. The molecule has 156 valence electrons. The van der Waals surface area contributed by atoms with Crippen LogP contribution >= 0.6 is 23.1 Å². The maximum Gasteiger partial charge on any atom is 0.253 e. The van der Waals surface area contributed by atoms with E-state index in [1.165, 1.54) is 23.1 Å². The monoisotopic (exact) mass is 442 g/mol. The number of benzene rings is 1. The molecular weight excluding hydrogens is 420 g/mol. The fraction of sp³-hybridized carbons (Fsp3) is 0.350. The molecule has 1 N–H and O–H groups in total. The molecule has 1 amide bonds. The van der Waals surface area contributed by atoms with Gasteiger partial charge in [-0.15, -0.1) is 5.10 Å². The highest BCUT2D eigenvalue weighted by atomic mass is 32.2. The van der Waals surface area contributed by atoms with Gasteiger partial charge in [0.15, 0.2) is 5.13 Å². The summed E-state index contributed by atoms with van der Waals surface area (Å²) in [5, 5.41) is 8.64. The van der Waals surface area contributed by atoms with Crippen LogP contribution in [0, 0.1) is 13.8 Å². The second kappa shape index (κ2) is 8.57. The molecule has 0 aliphatic rings. The molecule has 1 aromatic carbocycles. The van der Waals surface area contributed by atoms with Crippen molar-refractivity contribution in [2.45, 2.75) is 38.8 Å². The van der Waals surface area contributed by atoms with Crippen LogP contribution < -0.4 is 10.1 Å². The number of anilines is 1. The zero-order valence-corrected chi connectivity index (χ0v) is 18.9. The van der Waals surface area contributed by atoms with Gasteiger partial charge in [-0.2, -0.15) is 4.98 Å². The number of rotatable bonds is 7. The number of nitrogens with zero attached hydrogens (tertiary/aromatic N) is 5. The molecule has 30 heavy (non-hydrogen) atoms. The van der Waals surface area contributed by atoms with Crippen LogP contribution in [0.2, 0.25) is 0 Å². The first kappa shape index (κ1) is 20.5. The largest absolute Gasteiger partial charge is 0.494 e. The summed E-state index contributed by atoms with van der Waals surface area (Å²) in [5.41, 5.74) is 3.69.